The van der Waals surface area contributed by atoms with Gasteiger partial charge in [0.05, 0.1) is 12.7 Å². The number of amides is 4. The van der Waals surface area contributed by atoms with Crippen LogP contribution in [0.2, 0.25) is 5.02 Å². The topological polar surface area (TPSA) is 105 Å². The number of carbonyl (C=O) groups is 4. The molecule has 1 saturated heterocycles. The Morgan fingerprint density at radius 2 is 1.91 bits per heavy atom. The average Bonchev–Trinajstić information content (AvgIpc) is 3.23. The number of imide groups is 1. The smallest absolute Gasteiger partial charge is 0.341 e. The molecular formula is C22H22ClN3O5S. The van der Waals surface area contributed by atoms with Crippen molar-refractivity contribution in [2.45, 2.75) is 38.1 Å². The van der Waals surface area contributed by atoms with Gasteiger partial charge in [0.2, 0.25) is 5.91 Å². The van der Waals surface area contributed by atoms with Crippen LogP contribution in [0.1, 0.15) is 46.1 Å². The van der Waals surface area contributed by atoms with Crippen LogP contribution in [-0.4, -0.2) is 42.4 Å². The summed E-state index contributed by atoms with van der Waals surface area (Å²) in [6.45, 7) is 1.11. The lowest BCUT2D eigenvalue weighted by molar-refractivity contribution is -0.133. The van der Waals surface area contributed by atoms with Crippen molar-refractivity contribution in [1.29, 1.82) is 0 Å². The highest BCUT2D eigenvalue weighted by molar-refractivity contribution is 7.17. The lowest BCUT2D eigenvalue weighted by Gasteiger charge is -2.22. The van der Waals surface area contributed by atoms with Crippen LogP contribution in [0, 0.1) is 0 Å². The van der Waals surface area contributed by atoms with Gasteiger partial charge in [-0.25, -0.2) is 9.59 Å². The molecule has 1 aliphatic heterocycles. The van der Waals surface area contributed by atoms with Gasteiger partial charge in [-0.05, 0) is 55.9 Å². The predicted molar refractivity (Wildman–Crippen MR) is 120 cm³/mol. The van der Waals surface area contributed by atoms with Crippen molar-refractivity contribution < 1.29 is 23.9 Å². The summed E-state index contributed by atoms with van der Waals surface area (Å²) in [5.41, 5.74) is 0.528. The normalized spacial score (nSPS) is 20.0. The number of nitrogens with one attached hydrogen (secondary N) is 2. The van der Waals surface area contributed by atoms with Crippen molar-refractivity contribution >= 4 is 51.8 Å². The van der Waals surface area contributed by atoms with Gasteiger partial charge in [0.25, 0.3) is 5.91 Å². The molecule has 10 heteroatoms. The minimum absolute atomic E-state index is 0.365. The van der Waals surface area contributed by atoms with E-state index < -0.39 is 35.9 Å². The zero-order valence-electron chi connectivity index (χ0n) is 17.6. The largest absolute Gasteiger partial charge is 0.465 e. The van der Waals surface area contributed by atoms with Crippen molar-refractivity contribution in [2.24, 2.45) is 0 Å². The first-order valence-electron chi connectivity index (χ1n) is 10.2. The highest BCUT2D eigenvalue weighted by atomic mass is 35.5. The Morgan fingerprint density at radius 1 is 1.22 bits per heavy atom. The average molecular weight is 476 g/mol. The number of aryl methyl sites for hydroxylation is 1. The number of anilines is 1. The summed E-state index contributed by atoms with van der Waals surface area (Å²) in [7, 11) is 1.30. The van der Waals surface area contributed by atoms with Crippen molar-refractivity contribution in [3.05, 3.63) is 50.9 Å². The fourth-order valence-corrected chi connectivity index (χ4v) is 5.52. The van der Waals surface area contributed by atoms with E-state index in [0.29, 0.717) is 21.2 Å². The lowest BCUT2D eigenvalue weighted by Crippen LogP contribution is -2.42. The van der Waals surface area contributed by atoms with Gasteiger partial charge < -0.3 is 15.4 Å². The van der Waals surface area contributed by atoms with Gasteiger partial charge in [-0.3, -0.25) is 14.5 Å². The van der Waals surface area contributed by atoms with Gasteiger partial charge in [0.15, 0.2) is 0 Å². The third-order valence-electron chi connectivity index (χ3n) is 5.81. The second kappa shape index (κ2) is 8.55. The number of halogens is 1. The van der Waals surface area contributed by atoms with Gasteiger partial charge in [-0.15, -0.1) is 11.3 Å². The summed E-state index contributed by atoms with van der Waals surface area (Å²) >= 11 is 7.26. The Labute approximate surface area is 193 Å². The fraction of sp³-hybridized carbons (Fsp3) is 0.364. The third kappa shape index (κ3) is 3.86. The molecule has 2 aliphatic rings. The zero-order valence-corrected chi connectivity index (χ0v) is 19.2. The summed E-state index contributed by atoms with van der Waals surface area (Å²) in [6.07, 6.45) is 3.57. The highest BCUT2D eigenvalue weighted by Gasteiger charge is 2.49. The van der Waals surface area contributed by atoms with E-state index in [4.69, 9.17) is 16.3 Å². The van der Waals surface area contributed by atoms with Gasteiger partial charge in [-0.1, -0.05) is 23.7 Å². The van der Waals surface area contributed by atoms with Crippen LogP contribution in [0.3, 0.4) is 0 Å². The van der Waals surface area contributed by atoms with Crippen LogP contribution in [0.4, 0.5) is 9.80 Å². The standard InChI is InChI=1S/C22H22ClN3O5S/c1-22(12-7-9-13(23)10-8-12)20(29)26(21(30)25-22)11-16(27)24-18-17(19(28)31-2)14-5-3-4-6-15(14)32-18/h7-10H,3-6,11H2,1-2H3,(H,24,27)(H,25,30). The number of nitrogens with zero attached hydrogens (tertiary/aromatic N) is 1. The number of thiophene rings is 1. The molecule has 0 saturated carbocycles. The van der Waals surface area contributed by atoms with Crippen LogP contribution in [-0.2, 0) is 32.7 Å². The number of ether oxygens (including phenoxy) is 1. The molecule has 2 aromatic rings. The number of rotatable bonds is 5. The predicted octanol–water partition coefficient (Wildman–Crippen LogP) is 3.47. The minimum atomic E-state index is -1.30. The lowest BCUT2D eigenvalue weighted by atomic mass is 9.92. The second-order valence-electron chi connectivity index (χ2n) is 7.91. The Balaban J connectivity index is 1.53. The Kier molecular flexibility index (Phi) is 5.96. The summed E-state index contributed by atoms with van der Waals surface area (Å²) < 4.78 is 4.91. The molecule has 1 aromatic carbocycles. The molecule has 0 radical (unpaired) electrons. The molecule has 4 amide bonds. The van der Waals surface area contributed by atoms with Gasteiger partial charge in [0, 0.05) is 9.90 Å². The van der Waals surface area contributed by atoms with Crippen LogP contribution < -0.4 is 10.6 Å². The van der Waals surface area contributed by atoms with Crippen LogP contribution in [0.25, 0.3) is 0 Å². The SMILES string of the molecule is COC(=O)c1c(NC(=O)CN2C(=O)NC(C)(c3ccc(Cl)cc3)C2=O)sc2c1CCCC2. The summed E-state index contributed by atoms with van der Waals surface area (Å²) in [4.78, 5) is 52.6. The molecule has 2 heterocycles. The van der Waals surface area contributed by atoms with Crippen molar-refractivity contribution in [2.75, 3.05) is 19.0 Å². The molecule has 2 N–H and O–H groups in total. The molecule has 8 nitrogen and oxygen atoms in total. The van der Waals surface area contributed by atoms with E-state index in [-0.39, 0.29) is 0 Å². The molecule has 32 heavy (non-hydrogen) atoms. The Morgan fingerprint density at radius 3 is 2.59 bits per heavy atom. The van der Waals surface area contributed by atoms with E-state index in [0.717, 1.165) is 41.0 Å². The first-order chi connectivity index (χ1) is 15.2. The van der Waals surface area contributed by atoms with Crippen LogP contribution >= 0.6 is 22.9 Å². The number of carbonyl (C=O) groups excluding carboxylic acids is 4. The van der Waals surface area contributed by atoms with E-state index in [1.54, 1.807) is 31.2 Å². The molecule has 1 atom stereocenters. The maximum absolute atomic E-state index is 13.0. The molecule has 1 fully saturated rings. The summed E-state index contributed by atoms with van der Waals surface area (Å²) in [5, 5.41) is 6.26. The molecule has 0 bridgehead atoms. The molecule has 1 unspecified atom stereocenters. The number of urea groups is 1. The first kappa shape index (κ1) is 22.3. The monoisotopic (exact) mass is 475 g/mol. The number of esters is 1. The number of methoxy groups -OCH3 is 1. The Bertz CT molecular complexity index is 1110. The molecule has 1 aliphatic carbocycles. The van der Waals surface area contributed by atoms with Gasteiger partial charge in [0.1, 0.15) is 17.1 Å². The quantitative estimate of drug-likeness (QED) is 0.509. The van der Waals surface area contributed by atoms with E-state index in [2.05, 4.69) is 10.6 Å². The second-order valence-corrected chi connectivity index (χ2v) is 9.45. The number of fused-ring (bicyclic) bond motifs is 1. The third-order valence-corrected chi connectivity index (χ3v) is 7.27. The van der Waals surface area contributed by atoms with E-state index in [1.165, 1.54) is 18.4 Å². The van der Waals surface area contributed by atoms with Crippen molar-refractivity contribution in [1.82, 2.24) is 10.2 Å². The van der Waals surface area contributed by atoms with Gasteiger partial charge >= 0.3 is 12.0 Å². The molecule has 0 spiro atoms. The number of hydrogen-bond acceptors (Lipinski definition) is 6. The van der Waals surface area contributed by atoms with E-state index >= 15 is 0 Å². The van der Waals surface area contributed by atoms with Crippen LogP contribution in [0.5, 0.6) is 0 Å². The molecule has 1 aromatic heterocycles. The Hall–Kier alpha value is -2.91. The van der Waals surface area contributed by atoms with Crippen molar-refractivity contribution in [3.63, 3.8) is 0 Å². The summed E-state index contributed by atoms with van der Waals surface area (Å²) in [6, 6.07) is 5.90. The maximum atomic E-state index is 13.0. The van der Waals surface area contributed by atoms with Gasteiger partial charge in [-0.2, -0.15) is 0 Å². The van der Waals surface area contributed by atoms with Crippen LogP contribution in [0.15, 0.2) is 24.3 Å². The summed E-state index contributed by atoms with van der Waals surface area (Å²) in [5.74, 6) is -1.62. The molecule has 168 valence electrons. The first-order valence-corrected chi connectivity index (χ1v) is 11.4. The maximum Gasteiger partial charge on any atom is 0.341 e. The molecular weight excluding hydrogens is 454 g/mol. The van der Waals surface area contributed by atoms with E-state index in [9.17, 15) is 19.2 Å². The number of benzene rings is 1. The molecule has 4 rings (SSSR count). The fourth-order valence-electron chi connectivity index (χ4n) is 4.10. The van der Waals surface area contributed by atoms with E-state index in [1.807, 2.05) is 0 Å². The zero-order chi connectivity index (χ0) is 23.0. The minimum Gasteiger partial charge on any atom is -0.465 e. The van der Waals surface area contributed by atoms with Crippen molar-refractivity contribution in [3.8, 4) is 0 Å². The number of hydrogen-bond donors (Lipinski definition) is 2. The highest BCUT2D eigenvalue weighted by Crippen LogP contribution is 2.38.